The average Bonchev–Trinajstić information content (AvgIpc) is 2.60. The molecule has 0 aliphatic heterocycles. The molecule has 0 atom stereocenters. The van der Waals surface area contributed by atoms with Gasteiger partial charge in [-0.15, -0.1) is 0 Å². The molecule has 0 fully saturated rings. The third kappa shape index (κ3) is 5.09. The van der Waals surface area contributed by atoms with Gasteiger partial charge in [0.05, 0.1) is 12.3 Å². The third-order valence-electron chi connectivity index (χ3n) is 3.36. The maximum atomic E-state index is 12.1. The van der Waals surface area contributed by atoms with Crippen molar-refractivity contribution in [2.24, 2.45) is 0 Å². The molecule has 0 radical (unpaired) electrons. The van der Waals surface area contributed by atoms with Crippen LogP contribution in [0.3, 0.4) is 0 Å². The summed E-state index contributed by atoms with van der Waals surface area (Å²) in [4.78, 5) is 23.1. The SMILES string of the molecule is CCCOc1ccc(C=O)cc1NC(=O)/C=C/c1ccc(C)cc1. The molecule has 0 aliphatic carbocycles. The molecule has 0 spiro atoms. The lowest BCUT2D eigenvalue weighted by Gasteiger charge is -2.11. The molecule has 124 valence electrons. The van der Waals surface area contributed by atoms with Gasteiger partial charge in [-0.1, -0.05) is 36.8 Å². The Morgan fingerprint density at radius 2 is 1.83 bits per heavy atom. The predicted octanol–water partition coefficient (Wildman–Crippen LogP) is 4.25. The summed E-state index contributed by atoms with van der Waals surface area (Å²) >= 11 is 0. The summed E-state index contributed by atoms with van der Waals surface area (Å²) < 4.78 is 5.61. The summed E-state index contributed by atoms with van der Waals surface area (Å²) in [5, 5.41) is 2.77. The van der Waals surface area contributed by atoms with Crippen LogP contribution in [0.1, 0.15) is 34.8 Å². The number of aryl methyl sites for hydroxylation is 1. The first-order chi connectivity index (χ1) is 11.6. The minimum Gasteiger partial charge on any atom is -0.491 e. The van der Waals surface area contributed by atoms with Gasteiger partial charge in [0.25, 0.3) is 0 Å². The number of ether oxygens (including phenoxy) is 1. The molecule has 1 N–H and O–H groups in total. The Kier molecular flexibility index (Phi) is 6.32. The summed E-state index contributed by atoms with van der Waals surface area (Å²) in [7, 11) is 0. The smallest absolute Gasteiger partial charge is 0.248 e. The second-order valence-corrected chi connectivity index (χ2v) is 5.46. The number of carbonyl (C=O) groups is 2. The first-order valence-corrected chi connectivity index (χ1v) is 7.90. The highest BCUT2D eigenvalue weighted by Crippen LogP contribution is 2.25. The van der Waals surface area contributed by atoms with Crippen LogP contribution in [0.4, 0.5) is 5.69 Å². The van der Waals surface area contributed by atoms with Crippen LogP contribution in [0, 0.1) is 6.92 Å². The number of aldehydes is 1. The molecule has 0 saturated heterocycles. The molecule has 0 unspecified atom stereocenters. The Balaban J connectivity index is 2.11. The minimum absolute atomic E-state index is 0.278. The number of carbonyl (C=O) groups excluding carboxylic acids is 2. The van der Waals surface area contributed by atoms with Gasteiger partial charge in [-0.25, -0.2) is 0 Å². The molecule has 4 nitrogen and oxygen atoms in total. The van der Waals surface area contributed by atoms with Crippen LogP contribution < -0.4 is 10.1 Å². The van der Waals surface area contributed by atoms with E-state index in [4.69, 9.17) is 4.74 Å². The first kappa shape index (κ1) is 17.5. The molecule has 0 bridgehead atoms. The zero-order valence-electron chi connectivity index (χ0n) is 13.9. The molecule has 4 heteroatoms. The van der Waals surface area contributed by atoms with Crippen molar-refractivity contribution >= 4 is 24.0 Å². The van der Waals surface area contributed by atoms with Crippen LogP contribution in [0.5, 0.6) is 5.75 Å². The van der Waals surface area contributed by atoms with Crippen molar-refractivity contribution in [3.8, 4) is 5.75 Å². The lowest BCUT2D eigenvalue weighted by Crippen LogP contribution is -2.10. The maximum Gasteiger partial charge on any atom is 0.248 e. The minimum atomic E-state index is -0.278. The molecule has 24 heavy (non-hydrogen) atoms. The number of benzene rings is 2. The Labute approximate surface area is 142 Å². The third-order valence-corrected chi connectivity index (χ3v) is 3.36. The van der Waals surface area contributed by atoms with Gasteiger partial charge < -0.3 is 10.1 Å². The number of anilines is 1. The van der Waals surface area contributed by atoms with Crippen molar-refractivity contribution in [2.45, 2.75) is 20.3 Å². The van der Waals surface area contributed by atoms with Gasteiger partial charge in [0, 0.05) is 11.6 Å². The van der Waals surface area contributed by atoms with Crippen molar-refractivity contribution in [1.82, 2.24) is 0 Å². The van der Waals surface area contributed by atoms with E-state index in [1.807, 2.05) is 38.1 Å². The topological polar surface area (TPSA) is 55.4 Å². The van der Waals surface area contributed by atoms with Crippen molar-refractivity contribution in [1.29, 1.82) is 0 Å². The van der Waals surface area contributed by atoms with Gasteiger partial charge >= 0.3 is 0 Å². The van der Waals surface area contributed by atoms with E-state index in [9.17, 15) is 9.59 Å². The van der Waals surface area contributed by atoms with E-state index >= 15 is 0 Å². The quantitative estimate of drug-likeness (QED) is 0.612. The highest BCUT2D eigenvalue weighted by molar-refractivity contribution is 6.03. The summed E-state index contributed by atoms with van der Waals surface area (Å²) in [6.07, 6.45) is 4.80. The summed E-state index contributed by atoms with van der Waals surface area (Å²) in [5.41, 5.74) is 3.09. The van der Waals surface area contributed by atoms with Gasteiger partial charge in [-0.2, -0.15) is 0 Å². The zero-order chi connectivity index (χ0) is 17.4. The lowest BCUT2D eigenvalue weighted by molar-refractivity contribution is -0.111. The number of amides is 1. The van der Waals surface area contributed by atoms with Crippen molar-refractivity contribution in [2.75, 3.05) is 11.9 Å². The predicted molar refractivity (Wildman–Crippen MR) is 96.5 cm³/mol. The monoisotopic (exact) mass is 323 g/mol. The van der Waals surface area contributed by atoms with Crippen LogP contribution in [0.15, 0.2) is 48.5 Å². The summed E-state index contributed by atoms with van der Waals surface area (Å²) in [6, 6.07) is 12.8. The molecule has 0 aliphatic rings. The molecular formula is C20H21NO3. The molecule has 0 heterocycles. The van der Waals surface area contributed by atoms with Crippen LogP contribution in [-0.4, -0.2) is 18.8 Å². The van der Waals surface area contributed by atoms with Crippen molar-refractivity contribution in [3.05, 3.63) is 65.2 Å². The Morgan fingerprint density at radius 1 is 1.12 bits per heavy atom. The second kappa shape index (κ2) is 8.67. The van der Waals surface area contributed by atoms with Crippen molar-refractivity contribution < 1.29 is 14.3 Å². The summed E-state index contributed by atoms with van der Waals surface area (Å²) in [5.74, 6) is 0.277. The van der Waals surface area contributed by atoms with E-state index in [2.05, 4.69) is 5.32 Å². The molecule has 2 aromatic rings. The largest absolute Gasteiger partial charge is 0.491 e. The normalized spacial score (nSPS) is 10.6. The van der Waals surface area contributed by atoms with Gasteiger partial charge in [-0.05, 0) is 43.2 Å². The van der Waals surface area contributed by atoms with Gasteiger partial charge in [0.1, 0.15) is 12.0 Å². The van der Waals surface area contributed by atoms with Crippen molar-refractivity contribution in [3.63, 3.8) is 0 Å². The molecular weight excluding hydrogens is 302 g/mol. The number of hydrogen-bond donors (Lipinski definition) is 1. The highest BCUT2D eigenvalue weighted by atomic mass is 16.5. The van der Waals surface area contributed by atoms with E-state index < -0.39 is 0 Å². The first-order valence-electron chi connectivity index (χ1n) is 7.90. The highest BCUT2D eigenvalue weighted by Gasteiger charge is 2.07. The van der Waals surface area contributed by atoms with E-state index in [0.717, 1.165) is 18.3 Å². The van der Waals surface area contributed by atoms with Crippen LogP contribution in [0.2, 0.25) is 0 Å². The fourth-order valence-electron chi connectivity index (χ4n) is 2.08. The maximum absolute atomic E-state index is 12.1. The number of hydrogen-bond acceptors (Lipinski definition) is 3. The van der Waals surface area contributed by atoms with E-state index in [0.29, 0.717) is 23.6 Å². The molecule has 2 rings (SSSR count). The standard InChI is InChI=1S/C20H21NO3/c1-3-12-24-19-10-8-17(14-22)13-18(19)21-20(23)11-9-16-6-4-15(2)5-7-16/h4-11,13-14H,3,12H2,1-2H3,(H,21,23)/b11-9+. The Bertz CT molecular complexity index is 733. The van der Waals surface area contributed by atoms with Crippen LogP contribution >= 0.6 is 0 Å². The van der Waals surface area contributed by atoms with E-state index in [-0.39, 0.29) is 5.91 Å². The van der Waals surface area contributed by atoms with Crippen LogP contribution in [-0.2, 0) is 4.79 Å². The lowest BCUT2D eigenvalue weighted by atomic mass is 10.1. The fraction of sp³-hybridized carbons (Fsp3) is 0.200. The number of rotatable bonds is 7. The summed E-state index contributed by atoms with van der Waals surface area (Å²) in [6.45, 7) is 4.56. The second-order valence-electron chi connectivity index (χ2n) is 5.46. The Morgan fingerprint density at radius 3 is 2.50 bits per heavy atom. The molecule has 1 amide bonds. The van der Waals surface area contributed by atoms with Gasteiger partial charge in [-0.3, -0.25) is 9.59 Å². The molecule has 0 saturated carbocycles. The van der Waals surface area contributed by atoms with E-state index in [1.165, 1.54) is 11.6 Å². The number of nitrogens with one attached hydrogen (secondary N) is 1. The molecule has 2 aromatic carbocycles. The van der Waals surface area contributed by atoms with Crippen LogP contribution in [0.25, 0.3) is 6.08 Å². The Hall–Kier alpha value is -2.88. The van der Waals surface area contributed by atoms with Gasteiger partial charge in [0.2, 0.25) is 5.91 Å². The fourth-order valence-corrected chi connectivity index (χ4v) is 2.08. The van der Waals surface area contributed by atoms with Gasteiger partial charge in [0.15, 0.2) is 0 Å². The average molecular weight is 323 g/mol. The zero-order valence-corrected chi connectivity index (χ0v) is 13.9. The molecule has 0 aromatic heterocycles. The van der Waals surface area contributed by atoms with E-state index in [1.54, 1.807) is 24.3 Å².